The van der Waals surface area contributed by atoms with Crippen LogP contribution in [0.15, 0.2) is 0 Å². The molecular formula is C13H27NO2. The molecule has 0 bridgehead atoms. The summed E-state index contributed by atoms with van der Waals surface area (Å²) in [7, 11) is 0. The highest BCUT2D eigenvalue weighted by Gasteiger charge is 2.09. The van der Waals surface area contributed by atoms with Crippen molar-refractivity contribution >= 4 is 5.91 Å². The Morgan fingerprint density at radius 1 is 1.31 bits per heavy atom. The van der Waals surface area contributed by atoms with Gasteiger partial charge in [0.2, 0.25) is 5.91 Å². The Hall–Kier alpha value is -0.570. The summed E-state index contributed by atoms with van der Waals surface area (Å²) in [4.78, 5) is 11.3. The molecule has 0 aromatic carbocycles. The van der Waals surface area contributed by atoms with E-state index >= 15 is 0 Å². The fraction of sp³-hybridized carbons (Fsp3) is 0.923. The number of hydrogen-bond donors (Lipinski definition) is 1. The first-order valence-corrected chi connectivity index (χ1v) is 6.16. The van der Waals surface area contributed by atoms with Gasteiger partial charge in [0.1, 0.15) is 6.61 Å². The Balaban J connectivity index is 3.38. The molecule has 0 heterocycles. The summed E-state index contributed by atoms with van der Waals surface area (Å²) in [6.45, 7) is 12.4. The average Bonchev–Trinajstić information content (AvgIpc) is 2.10. The third-order valence-corrected chi connectivity index (χ3v) is 2.11. The van der Waals surface area contributed by atoms with Gasteiger partial charge in [0, 0.05) is 13.2 Å². The summed E-state index contributed by atoms with van der Waals surface area (Å²) in [5, 5.41) is 2.87. The molecule has 0 rings (SSSR count). The Kier molecular flexibility index (Phi) is 7.39. The van der Waals surface area contributed by atoms with E-state index in [0.29, 0.717) is 17.9 Å². The predicted octanol–water partition coefficient (Wildman–Crippen LogP) is 2.60. The van der Waals surface area contributed by atoms with Crippen molar-refractivity contribution in [2.75, 3.05) is 19.8 Å². The van der Waals surface area contributed by atoms with E-state index in [9.17, 15) is 4.79 Å². The Morgan fingerprint density at radius 2 is 1.94 bits per heavy atom. The van der Waals surface area contributed by atoms with E-state index in [1.807, 2.05) is 0 Å². The molecule has 96 valence electrons. The van der Waals surface area contributed by atoms with Gasteiger partial charge in [-0.2, -0.15) is 0 Å². The molecule has 0 unspecified atom stereocenters. The lowest BCUT2D eigenvalue weighted by Crippen LogP contribution is -2.29. The van der Waals surface area contributed by atoms with Crippen molar-refractivity contribution in [1.29, 1.82) is 0 Å². The SMILES string of the molecule is CC(C)COCC(=O)NCCCC(C)(C)C. The highest BCUT2D eigenvalue weighted by molar-refractivity contribution is 5.77. The third kappa shape index (κ3) is 11.5. The van der Waals surface area contributed by atoms with Crippen molar-refractivity contribution in [1.82, 2.24) is 5.32 Å². The van der Waals surface area contributed by atoms with Crippen molar-refractivity contribution in [2.24, 2.45) is 11.3 Å². The van der Waals surface area contributed by atoms with E-state index in [-0.39, 0.29) is 12.5 Å². The molecule has 1 amide bonds. The Bertz CT molecular complexity index is 195. The van der Waals surface area contributed by atoms with E-state index in [1.165, 1.54) is 0 Å². The highest BCUT2D eigenvalue weighted by Crippen LogP contribution is 2.19. The topological polar surface area (TPSA) is 38.3 Å². The van der Waals surface area contributed by atoms with Crippen LogP contribution < -0.4 is 5.32 Å². The smallest absolute Gasteiger partial charge is 0.245 e. The van der Waals surface area contributed by atoms with Crippen LogP contribution in [0.2, 0.25) is 0 Å². The summed E-state index contributed by atoms with van der Waals surface area (Å²) in [6, 6.07) is 0. The monoisotopic (exact) mass is 229 g/mol. The summed E-state index contributed by atoms with van der Waals surface area (Å²) in [5.41, 5.74) is 0.346. The molecule has 1 N–H and O–H groups in total. The largest absolute Gasteiger partial charge is 0.371 e. The summed E-state index contributed by atoms with van der Waals surface area (Å²) < 4.78 is 5.24. The molecule has 0 saturated heterocycles. The van der Waals surface area contributed by atoms with Gasteiger partial charge in [0.15, 0.2) is 0 Å². The minimum Gasteiger partial charge on any atom is -0.371 e. The molecule has 0 aromatic rings. The second-order valence-corrected chi connectivity index (χ2v) is 5.92. The van der Waals surface area contributed by atoms with Gasteiger partial charge >= 0.3 is 0 Å². The zero-order chi connectivity index (χ0) is 12.6. The molecule has 0 aliphatic rings. The number of amides is 1. The minimum atomic E-state index is -0.00504. The maximum absolute atomic E-state index is 11.3. The van der Waals surface area contributed by atoms with Crippen molar-refractivity contribution in [3.8, 4) is 0 Å². The molecule has 3 nitrogen and oxygen atoms in total. The lowest BCUT2D eigenvalue weighted by Gasteiger charge is -2.17. The molecule has 0 aliphatic carbocycles. The number of rotatable bonds is 7. The summed E-state index contributed by atoms with van der Waals surface area (Å²) >= 11 is 0. The van der Waals surface area contributed by atoms with Crippen LogP contribution in [0.5, 0.6) is 0 Å². The van der Waals surface area contributed by atoms with Crippen molar-refractivity contribution in [3.05, 3.63) is 0 Å². The maximum Gasteiger partial charge on any atom is 0.245 e. The van der Waals surface area contributed by atoms with Gasteiger partial charge in [-0.1, -0.05) is 34.6 Å². The first kappa shape index (κ1) is 15.4. The van der Waals surface area contributed by atoms with Crippen LogP contribution in [0, 0.1) is 11.3 Å². The standard InChI is InChI=1S/C13H27NO2/c1-11(2)9-16-10-12(15)14-8-6-7-13(3,4)5/h11H,6-10H2,1-5H3,(H,14,15). The van der Waals surface area contributed by atoms with Crippen molar-refractivity contribution < 1.29 is 9.53 Å². The van der Waals surface area contributed by atoms with Gasteiger partial charge in [-0.3, -0.25) is 4.79 Å². The van der Waals surface area contributed by atoms with E-state index in [0.717, 1.165) is 19.4 Å². The van der Waals surface area contributed by atoms with Crippen LogP contribution in [-0.4, -0.2) is 25.7 Å². The van der Waals surface area contributed by atoms with Crippen LogP contribution in [0.3, 0.4) is 0 Å². The minimum absolute atomic E-state index is 0.00504. The van der Waals surface area contributed by atoms with Gasteiger partial charge in [0.05, 0.1) is 0 Å². The fourth-order valence-corrected chi connectivity index (χ4v) is 1.28. The molecule has 0 aromatic heterocycles. The van der Waals surface area contributed by atoms with Gasteiger partial charge in [0.25, 0.3) is 0 Å². The second kappa shape index (κ2) is 7.66. The summed E-state index contributed by atoms with van der Waals surface area (Å²) in [5.74, 6) is 0.475. The molecule has 3 heteroatoms. The van der Waals surface area contributed by atoms with Crippen LogP contribution >= 0.6 is 0 Å². The van der Waals surface area contributed by atoms with E-state index in [1.54, 1.807) is 0 Å². The van der Waals surface area contributed by atoms with Crippen molar-refractivity contribution in [3.63, 3.8) is 0 Å². The van der Waals surface area contributed by atoms with Crippen LogP contribution in [-0.2, 0) is 9.53 Å². The van der Waals surface area contributed by atoms with Gasteiger partial charge in [-0.15, -0.1) is 0 Å². The molecule has 0 aliphatic heterocycles. The lowest BCUT2D eigenvalue weighted by molar-refractivity contribution is -0.126. The first-order chi connectivity index (χ1) is 7.31. The predicted molar refractivity (Wildman–Crippen MR) is 67.4 cm³/mol. The molecule has 0 radical (unpaired) electrons. The number of carbonyl (C=O) groups is 1. The van der Waals surface area contributed by atoms with Crippen LogP contribution in [0.1, 0.15) is 47.5 Å². The molecule has 0 saturated carbocycles. The zero-order valence-corrected chi connectivity index (χ0v) is 11.4. The van der Waals surface area contributed by atoms with E-state index < -0.39 is 0 Å². The molecule has 0 atom stereocenters. The van der Waals surface area contributed by atoms with Gasteiger partial charge in [-0.05, 0) is 24.2 Å². The fourth-order valence-electron chi connectivity index (χ4n) is 1.28. The molecule has 16 heavy (non-hydrogen) atoms. The zero-order valence-electron chi connectivity index (χ0n) is 11.4. The van der Waals surface area contributed by atoms with Gasteiger partial charge < -0.3 is 10.1 Å². The molecule has 0 spiro atoms. The normalized spacial score (nSPS) is 11.9. The molecular weight excluding hydrogens is 202 g/mol. The highest BCUT2D eigenvalue weighted by atomic mass is 16.5. The second-order valence-electron chi connectivity index (χ2n) is 5.92. The number of carbonyl (C=O) groups excluding carboxylic acids is 1. The van der Waals surface area contributed by atoms with E-state index in [4.69, 9.17) is 4.74 Å². The molecule has 0 fully saturated rings. The Labute approximate surface area is 99.9 Å². The lowest BCUT2D eigenvalue weighted by atomic mass is 9.91. The number of hydrogen-bond acceptors (Lipinski definition) is 2. The van der Waals surface area contributed by atoms with Crippen molar-refractivity contribution in [2.45, 2.75) is 47.5 Å². The summed E-state index contributed by atoms with van der Waals surface area (Å²) in [6.07, 6.45) is 2.15. The average molecular weight is 229 g/mol. The van der Waals surface area contributed by atoms with E-state index in [2.05, 4.69) is 39.9 Å². The third-order valence-electron chi connectivity index (χ3n) is 2.11. The maximum atomic E-state index is 11.3. The quantitative estimate of drug-likeness (QED) is 0.681. The Morgan fingerprint density at radius 3 is 2.44 bits per heavy atom. The number of nitrogens with one attached hydrogen (secondary N) is 1. The van der Waals surface area contributed by atoms with Crippen LogP contribution in [0.25, 0.3) is 0 Å². The number of ether oxygens (including phenoxy) is 1. The first-order valence-electron chi connectivity index (χ1n) is 6.16. The van der Waals surface area contributed by atoms with Gasteiger partial charge in [-0.25, -0.2) is 0 Å². The van der Waals surface area contributed by atoms with Crippen LogP contribution in [0.4, 0.5) is 0 Å².